The van der Waals surface area contributed by atoms with Crippen molar-refractivity contribution in [3.63, 3.8) is 0 Å². The van der Waals surface area contributed by atoms with Crippen LogP contribution in [0.25, 0.3) is 0 Å². The molecule has 0 fully saturated rings. The second-order valence-corrected chi connectivity index (χ2v) is 4.39. The van der Waals surface area contributed by atoms with Gasteiger partial charge in [0.25, 0.3) is 0 Å². The molecule has 1 aromatic carbocycles. The smallest absolute Gasteiger partial charge is 0.119 e. The molecule has 0 saturated heterocycles. The molecule has 0 saturated carbocycles. The summed E-state index contributed by atoms with van der Waals surface area (Å²) in [6.45, 7) is 2.96. The van der Waals surface area contributed by atoms with E-state index in [9.17, 15) is 0 Å². The molecule has 96 valence electrons. The summed E-state index contributed by atoms with van der Waals surface area (Å²) in [7, 11) is 1.66. The first-order valence-electron chi connectivity index (χ1n) is 5.84. The summed E-state index contributed by atoms with van der Waals surface area (Å²) in [5, 5.41) is 3.30. The lowest BCUT2D eigenvalue weighted by Crippen LogP contribution is -2.27. The summed E-state index contributed by atoms with van der Waals surface area (Å²) in [5.41, 5.74) is 0. The van der Waals surface area contributed by atoms with E-state index >= 15 is 0 Å². The van der Waals surface area contributed by atoms with Crippen LogP contribution in [-0.4, -0.2) is 38.8 Å². The van der Waals surface area contributed by atoms with Crippen molar-refractivity contribution in [2.75, 3.05) is 33.4 Å². The van der Waals surface area contributed by atoms with E-state index in [-0.39, 0.29) is 5.38 Å². The molecule has 0 amide bonds. The van der Waals surface area contributed by atoms with E-state index in [1.165, 1.54) is 0 Å². The molecule has 1 unspecified atom stereocenters. The monoisotopic (exact) mass is 257 g/mol. The Morgan fingerprint density at radius 3 is 2.76 bits per heavy atom. The van der Waals surface area contributed by atoms with Crippen LogP contribution >= 0.6 is 11.6 Å². The van der Waals surface area contributed by atoms with Crippen LogP contribution in [0.5, 0.6) is 5.75 Å². The molecule has 0 heterocycles. The van der Waals surface area contributed by atoms with Crippen LogP contribution in [0.1, 0.15) is 6.42 Å². The van der Waals surface area contributed by atoms with Gasteiger partial charge in [-0.05, 0) is 25.1 Å². The van der Waals surface area contributed by atoms with Crippen molar-refractivity contribution in [2.45, 2.75) is 11.8 Å². The minimum absolute atomic E-state index is 0.0371. The number of nitrogens with one attached hydrogen (secondary N) is 1. The van der Waals surface area contributed by atoms with Crippen LogP contribution in [0.15, 0.2) is 30.3 Å². The zero-order valence-corrected chi connectivity index (χ0v) is 11.0. The first kappa shape index (κ1) is 14.3. The Hall–Kier alpha value is -0.770. The molecular weight excluding hydrogens is 238 g/mol. The molecule has 1 atom stereocenters. The van der Waals surface area contributed by atoms with E-state index in [2.05, 4.69) is 5.32 Å². The molecule has 17 heavy (non-hydrogen) atoms. The summed E-state index contributed by atoms with van der Waals surface area (Å²) in [6.07, 6.45) is 0.964. The molecule has 0 spiro atoms. The highest BCUT2D eigenvalue weighted by Crippen LogP contribution is 2.07. The number of hydrogen-bond donors (Lipinski definition) is 1. The van der Waals surface area contributed by atoms with Gasteiger partial charge < -0.3 is 14.8 Å². The van der Waals surface area contributed by atoms with Crippen molar-refractivity contribution in [3.05, 3.63) is 30.3 Å². The van der Waals surface area contributed by atoms with Crippen LogP contribution in [-0.2, 0) is 4.74 Å². The molecule has 0 aliphatic heterocycles. The van der Waals surface area contributed by atoms with Gasteiger partial charge in [-0.15, -0.1) is 11.6 Å². The summed E-state index contributed by atoms with van der Waals surface area (Å²) in [5.74, 6) is 0.919. The Balaban J connectivity index is 1.95. The highest BCUT2D eigenvalue weighted by Gasteiger charge is 2.01. The van der Waals surface area contributed by atoms with Gasteiger partial charge in [-0.25, -0.2) is 0 Å². The van der Waals surface area contributed by atoms with Gasteiger partial charge >= 0.3 is 0 Å². The maximum absolute atomic E-state index is 5.97. The van der Waals surface area contributed by atoms with Crippen molar-refractivity contribution < 1.29 is 9.47 Å². The first-order valence-corrected chi connectivity index (χ1v) is 6.28. The number of para-hydroxylation sites is 1. The fourth-order valence-electron chi connectivity index (χ4n) is 1.40. The van der Waals surface area contributed by atoms with Gasteiger partial charge in [0, 0.05) is 13.7 Å². The summed E-state index contributed by atoms with van der Waals surface area (Å²) < 4.78 is 10.5. The summed E-state index contributed by atoms with van der Waals surface area (Å²) in [4.78, 5) is 0. The number of methoxy groups -OCH3 is 1. The van der Waals surface area contributed by atoms with Crippen molar-refractivity contribution in [1.29, 1.82) is 0 Å². The number of alkyl halides is 1. The third-order valence-corrected chi connectivity index (χ3v) is 2.50. The van der Waals surface area contributed by atoms with Gasteiger partial charge in [-0.3, -0.25) is 0 Å². The van der Waals surface area contributed by atoms with E-state index in [1.54, 1.807) is 7.11 Å². The predicted octanol–water partition coefficient (Wildman–Crippen LogP) is 2.30. The van der Waals surface area contributed by atoms with Crippen LogP contribution in [0, 0.1) is 0 Å². The fourth-order valence-corrected chi connectivity index (χ4v) is 1.64. The lowest BCUT2D eigenvalue weighted by molar-refractivity contribution is 0.196. The van der Waals surface area contributed by atoms with Crippen LogP contribution in [0.4, 0.5) is 0 Å². The largest absolute Gasteiger partial charge is 0.494 e. The first-order chi connectivity index (χ1) is 8.33. The molecule has 0 aliphatic carbocycles. The average molecular weight is 258 g/mol. The van der Waals surface area contributed by atoms with E-state index < -0.39 is 0 Å². The van der Waals surface area contributed by atoms with Gasteiger partial charge in [-0.2, -0.15) is 0 Å². The zero-order valence-electron chi connectivity index (χ0n) is 10.2. The van der Waals surface area contributed by atoms with Crippen molar-refractivity contribution in [2.24, 2.45) is 0 Å². The van der Waals surface area contributed by atoms with Gasteiger partial charge in [0.05, 0.1) is 18.6 Å². The predicted molar refractivity (Wildman–Crippen MR) is 70.9 cm³/mol. The van der Waals surface area contributed by atoms with Gasteiger partial charge in [-0.1, -0.05) is 18.2 Å². The highest BCUT2D eigenvalue weighted by atomic mass is 35.5. The number of hydrogen-bond acceptors (Lipinski definition) is 3. The standard InChI is InChI=1S/C13H20ClNO2/c1-16-11-12(14)10-15-8-5-9-17-13-6-3-2-4-7-13/h2-4,6-7,12,15H,5,8-11H2,1H3. The highest BCUT2D eigenvalue weighted by molar-refractivity contribution is 6.20. The van der Waals surface area contributed by atoms with Crippen molar-refractivity contribution in [1.82, 2.24) is 5.32 Å². The maximum Gasteiger partial charge on any atom is 0.119 e. The van der Waals surface area contributed by atoms with Gasteiger partial charge in [0.15, 0.2) is 0 Å². The second-order valence-electron chi connectivity index (χ2n) is 3.77. The number of halogens is 1. The molecular formula is C13H20ClNO2. The van der Waals surface area contributed by atoms with E-state index in [0.29, 0.717) is 13.2 Å². The lowest BCUT2D eigenvalue weighted by Gasteiger charge is -2.10. The quantitative estimate of drug-likeness (QED) is 0.544. The molecule has 0 aromatic heterocycles. The number of ether oxygens (including phenoxy) is 2. The Labute approximate surface area is 108 Å². The average Bonchev–Trinajstić information content (AvgIpc) is 2.35. The SMILES string of the molecule is COCC(Cl)CNCCCOc1ccccc1. The van der Waals surface area contributed by atoms with Gasteiger partial charge in [0.1, 0.15) is 5.75 Å². The number of benzene rings is 1. The summed E-state index contributed by atoms with van der Waals surface area (Å²) in [6, 6.07) is 9.83. The van der Waals surface area contributed by atoms with Crippen LogP contribution < -0.4 is 10.1 Å². The van der Waals surface area contributed by atoms with Crippen LogP contribution in [0.3, 0.4) is 0 Å². The normalized spacial score (nSPS) is 12.4. The Morgan fingerprint density at radius 1 is 1.29 bits per heavy atom. The molecule has 1 aromatic rings. The zero-order chi connectivity index (χ0) is 12.3. The molecule has 1 N–H and O–H groups in total. The third kappa shape index (κ3) is 7.21. The summed E-state index contributed by atoms with van der Waals surface area (Å²) >= 11 is 5.97. The van der Waals surface area contributed by atoms with Gasteiger partial charge in [0.2, 0.25) is 0 Å². The number of rotatable bonds is 9. The molecule has 0 bridgehead atoms. The molecule has 3 nitrogen and oxygen atoms in total. The Bertz CT molecular complexity index is 282. The van der Waals surface area contributed by atoms with Crippen molar-refractivity contribution in [3.8, 4) is 5.75 Å². The van der Waals surface area contributed by atoms with Crippen LogP contribution in [0.2, 0.25) is 0 Å². The second kappa shape index (κ2) is 9.28. The minimum Gasteiger partial charge on any atom is -0.494 e. The lowest BCUT2D eigenvalue weighted by atomic mass is 10.3. The maximum atomic E-state index is 5.97. The minimum atomic E-state index is 0.0371. The van der Waals surface area contributed by atoms with Crippen molar-refractivity contribution >= 4 is 11.6 Å². The topological polar surface area (TPSA) is 30.5 Å². The Morgan fingerprint density at radius 2 is 2.06 bits per heavy atom. The Kier molecular flexibility index (Phi) is 7.80. The van der Waals surface area contributed by atoms with E-state index in [0.717, 1.165) is 25.3 Å². The third-order valence-electron chi connectivity index (χ3n) is 2.22. The van der Waals surface area contributed by atoms with E-state index in [4.69, 9.17) is 21.1 Å². The molecule has 0 radical (unpaired) electrons. The fraction of sp³-hybridized carbons (Fsp3) is 0.538. The molecule has 0 aliphatic rings. The van der Waals surface area contributed by atoms with E-state index in [1.807, 2.05) is 30.3 Å². The molecule has 4 heteroatoms. The molecule has 1 rings (SSSR count).